The summed E-state index contributed by atoms with van der Waals surface area (Å²) in [6, 6.07) is 0. The molecule has 0 radical (unpaired) electrons. The fourth-order valence-corrected chi connectivity index (χ4v) is 4.42. The predicted octanol–water partition coefficient (Wildman–Crippen LogP) is 8.21. The smallest absolute Gasteiger partial charge is 0.0357 e. The summed E-state index contributed by atoms with van der Waals surface area (Å²) in [6.45, 7) is 20.4. The third-order valence-corrected chi connectivity index (χ3v) is 6.21. The fourth-order valence-electron chi connectivity index (χ4n) is 4.42. The van der Waals surface area contributed by atoms with E-state index >= 15 is 0 Å². The predicted molar refractivity (Wildman–Crippen MR) is 108 cm³/mol. The van der Waals surface area contributed by atoms with Gasteiger partial charge in [-0.05, 0) is 73.5 Å². The third kappa shape index (κ3) is 7.61. The molecule has 2 fully saturated rings. The van der Waals surface area contributed by atoms with Gasteiger partial charge >= 0.3 is 0 Å². The average molecular weight is 325 g/mol. The van der Waals surface area contributed by atoms with Gasteiger partial charge in [-0.2, -0.15) is 0 Å². The Bertz CT molecular complexity index is 255. The summed E-state index contributed by atoms with van der Waals surface area (Å²) in [6.07, 6.45) is 10.3. The number of hydrogen-bond donors (Lipinski definition) is 0. The highest BCUT2D eigenvalue weighted by Crippen LogP contribution is 2.49. The van der Waals surface area contributed by atoms with E-state index in [9.17, 15) is 0 Å². The first-order chi connectivity index (χ1) is 10.9. The lowest BCUT2D eigenvalue weighted by Crippen LogP contribution is -2.36. The summed E-state index contributed by atoms with van der Waals surface area (Å²) in [7, 11) is 0. The molecule has 2 aliphatic rings. The molecule has 0 bridgehead atoms. The van der Waals surface area contributed by atoms with E-state index in [0.717, 1.165) is 41.4 Å². The lowest BCUT2D eigenvalue weighted by atomic mass is 9.59. The first kappa shape index (κ1) is 23.0. The molecular formula is C23H48. The molecule has 0 aromatic heterocycles. The maximum atomic E-state index is 2.51. The second-order valence-electron chi connectivity index (χ2n) is 8.67. The highest BCUT2D eigenvalue weighted by molar-refractivity contribution is 4.89. The Kier molecular flexibility index (Phi) is 12.4. The van der Waals surface area contributed by atoms with Gasteiger partial charge in [0.1, 0.15) is 0 Å². The van der Waals surface area contributed by atoms with Crippen LogP contribution in [0.4, 0.5) is 0 Å². The zero-order valence-corrected chi connectivity index (χ0v) is 18.0. The van der Waals surface area contributed by atoms with Gasteiger partial charge in [-0.3, -0.25) is 0 Å². The van der Waals surface area contributed by atoms with Crippen molar-refractivity contribution in [1.29, 1.82) is 0 Å². The van der Waals surface area contributed by atoms with E-state index in [1.165, 1.54) is 38.5 Å². The van der Waals surface area contributed by atoms with E-state index in [2.05, 4.69) is 48.5 Å². The minimum Gasteiger partial charge on any atom is -0.0683 e. The van der Waals surface area contributed by atoms with E-state index in [1.54, 1.807) is 6.42 Å². The Balaban J connectivity index is 0.000000868. The molecule has 0 aromatic carbocycles. The Hall–Kier alpha value is 0. The van der Waals surface area contributed by atoms with Crippen molar-refractivity contribution in [1.82, 2.24) is 0 Å². The van der Waals surface area contributed by atoms with Gasteiger partial charge in [0, 0.05) is 0 Å². The van der Waals surface area contributed by atoms with Crippen LogP contribution in [-0.4, -0.2) is 0 Å². The molecule has 2 unspecified atom stereocenters. The van der Waals surface area contributed by atoms with Gasteiger partial charge < -0.3 is 0 Å². The Labute approximate surface area is 149 Å². The average Bonchev–Trinajstić information content (AvgIpc) is 2.45. The molecule has 0 aliphatic heterocycles. The molecule has 0 heteroatoms. The van der Waals surface area contributed by atoms with E-state index in [-0.39, 0.29) is 0 Å². The summed E-state index contributed by atoms with van der Waals surface area (Å²) >= 11 is 0. The molecule has 2 atom stereocenters. The minimum atomic E-state index is 0.923. The molecule has 0 amide bonds. The quantitative estimate of drug-likeness (QED) is 0.461. The van der Waals surface area contributed by atoms with Gasteiger partial charge in [-0.25, -0.2) is 0 Å². The van der Waals surface area contributed by atoms with Crippen LogP contribution in [0.5, 0.6) is 0 Å². The normalized spacial score (nSPS) is 31.6. The monoisotopic (exact) mass is 324 g/mol. The molecule has 0 heterocycles. The van der Waals surface area contributed by atoms with Crippen molar-refractivity contribution in [3.63, 3.8) is 0 Å². The van der Waals surface area contributed by atoms with Crippen LogP contribution in [0.3, 0.4) is 0 Å². The fraction of sp³-hybridized carbons (Fsp3) is 1.00. The van der Waals surface area contributed by atoms with Gasteiger partial charge in [0.15, 0.2) is 0 Å². The molecule has 0 N–H and O–H groups in total. The van der Waals surface area contributed by atoms with Crippen LogP contribution in [-0.2, 0) is 0 Å². The Morgan fingerprint density at radius 3 is 1.65 bits per heavy atom. The standard InChI is InChI=1S/C18H34.C3H8.C2H6/c1-6-14(5)18(17-7-13(4)8-17)11-15-9-16(10-15)12(2)3;1-3-2;1-2/h12-18H,6-11H2,1-5H3;3H2,1-2H3;1-2H3. The first-order valence-corrected chi connectivity index (χ1v) is 10.9. The summed E-state index contributed by atoms with van der Waals surface area (Å²) < 4.78 is 0. The van der Waals surface area contributed by atoms with Crippen molar-refractivity contribution in [2.24, 2.45) is 41.4 Å². The van der Waals surface area contributed by atoms with E-state index in [0.29, 0.717) is 0 Å². The topological polar surface area (TPSA) is 0 Å². The molecule has 23 heavy (non-hydrogen) atoms. The van der Waals surface area contributed by atoms with Crippen LogP contribution in [0.2, 0.25) is 0 Å². The second-order valence-corrected chi connectivity index (χ2v) is 8.67. The minimum absolute atomic E-state index is 0.923. The molecule has 2 saturated carbocycles. The van der Waals surface area contributed by atoms with Gasteiger partial charge in [-0.1, -0.05) is 75.2 Å². The SMILES string of the molecule is CC.CCC.CCC(C)C(CC1CC(C(C)C)C1)C1CC(C)C1. The highest BCUT2D eigenvalue weighted by Gasteiger charge is 2.39. The summed E-state index contributed by atoms with van der Waals surface area (Å²) in [5.41, 5.74) is 0. The van der Waals surface area contributed by atoms with Gasteiger partial charge in [-0.15, -0.1) is 0 Å². The maximum absolute atomic E-state index is 2.51. The van der Waals surface area contributed by atoms with Crippen molar-refractivity contribution in [2.45, 2.75) is 107 Å². The van der Waals surface area contributed by atoms with E-state index in [4.69, 9.17) is 0 Å². The van der Waals surface area contributed by atoms with Crippen LogP contribution in [0.1, 0.15) is 107 Å². The first-order valence-electron chi connectivity index (χ1n) is 10.9. The summed E-state index contributed by atoms with van der Waals surface area (Å²) in [4.78, 5) is 0. The van der Waals surface area contributed by atoms with Crippen LogP contribution in [0.25, 0.3) is 0 Å². The van der Waals surface area contributed by atoms with Crippen LogP contribution < -0.4 is 0 Å². The van der Waals surface area contributed by atoms with Crippen molar-refractivity contribution in [3.05, 3.63) is 0 Å². The molecule has 0 aromatic rings. The third-order valence-electron chi connectivity index (χ3n) is 6.21. The molecule has 140 valence electrons. The van der Waals surface area contributed by atoms with E-state index < -0.39 is 0 Å². The second kappa shape index (κ2) is 12.4. The van der Waals surface area contributed by atoms with Gasteiger partial charge in [0.25, 0.3) is 0 Å². The highest BCUT2D eigenvalue weighted by atomic mass is 14.4. The lowest BCUT2D eigenvalue weighted by molar-refractivity contribution is 0.0409. The van der Waals surface area contributed by atoms with Crippen LogP contribution in [0.15, 0.2) is 0 Å². The zero-order valence-electron chi connectivity index (χ0n) is 18.0. The molecule has 0 saturated heterocycles. The molecule has 2 aliphatic carbocycles. The zero-order chi connectivity index (χ0) is 18.0. The maximum Gasteiger partial charge on any atom is -0.0357 e. The van der Waals surface area contributed by atoms with Crippen molar-refractivity contribution in [3.8, 4) is 0 Å². The summed E-state index contributed by atoms with van der Waals surface area (Å²) in [5.74, 6) is 7.15. The summed E-state index contributed by atoms with van der Waals surface area (Å²) in [5, 5.41) is 0. The lowest BCUT2D eigenvalue weighted by Gasteiger charge is -2.46. The van der Waals surface area contributed by atoms with Crippen molar-refractivity contribution >= 4 is 0 Å². The largest absolute Gasteiger partial charge is 0.0683 e. The molecule has 2 rings (SSSR count). The molecular weight excluding hydrogens is 276 g/mol. The number of hydrogen-bond acceptors (Lipinski definition) is 0. The Morgan fingerprint density at radius 1 is 0.826 bits per heavy atom. The van der Waals surface area contributed by atoms with Crippen molar-refractivity contribution in [2.75, 3.05) is 0 Å². The van der Waals surface area contributed by atoms with Gasteiger partial charge in [0.2, 0.25) is 0 Å². The van der Waals surface area contributed by atoms with Gasteiger partial charge in [0.05, 0.1) is 0 Å². The van der Waals surface area contributed by atoms with Crippen LogP contribution >= 0.6 is 0 Å². The number of rotatable bonds is 6. The van der Waals surface area contributed by atoms with Crippen molar-refractivity contribution < 1.29 is 0 Å². The van der Waals surface area contributed by atoms with E-state index in [1.807, 2.05) is 13.8 Å². The Morgan fingerprint density at radius 2 is 1.30 bits per heavy atom. The van der Waals surface area contributed by atoms with Crippen LogP contribution in [0, 0.1) is 41.4 Å². The molecule has 0 spiro atoms. The molecule has 0 nitrogen and oxygen atoms in total.